The third kappa shape index (κ3) is 2.43. The van der Waals surface area contributed by atoms with Crippen molar-refractivity contribution in [2.75, 3.05) is 0 Å². The van der Waals surface area contributed by atoms with Gasteiger partial charge in [-0.25, -0.2) is 4.98 Å². The molecule has 0 atom stereocenters. The van der Waals surface area contributed by atoms with Crippen LogP contribution in [0.1, 0.15) is 55.8 Å². The second-order valence-corrected chi connectivity index (χ2v) is 5.85. The van der Waals surface area contributed by atoms with Crippen molar-refractivity contribution in [2.24, 2.45) is 7.05 Å². The van der Waals surface area contributed by atoms with Gasteiger partial charge in [-0.3, -0.25) is 0 Å². The molecule has 1 aliphatic rings. The zero-order valence-electron chi connectivity index (χ0n) is 12.1. The molecule has 3 rings (SSSR count). The molecule has 3 nitrogen and oxygen atoms in total. The Kier molecular flexibility index (Phi) is 3.73. The molecule has 1 aromatic heterocycles. The first-order valence-corrected chi connectivity index (χ1v) is 7.62. The number of fused-ring (bicyclic) bond motifs is 1. The van der Waals surface area contributed by atoms with Crippen LogP contribution >= 0.6 is 0 Å². The lowest BCUT2D eigenvalue weighted by molar-refractivity contribution is 0.423. The number of hydrogen-bond acceptors (Lipinski definition) is 2. The Morgan fingerprint density at radius 3 is 2.85 bits per heavy atom. The monoisotopic (exact) mass is 267 g/mol. The van der Waals surface area contributed by atoms with Gasteiger partial charge in [-0.15, -0.1) is 0 Å². The molecule has 0 saturated heterocycles. The zero-order chi connectivity index (χ0) is 13.9. The molecule has 2 aromatic rings. The summed E-state index contributed by atoms with van der Waals surface area (Å²) in [5.74, 6) is 1.88. The molecule has 0 unspecified atom stereocenters. The van der Waals surface area contributed by atoms with Crippen LogP contribution in [-0.4, -0.2) is 9.55 Å². The highest BCUT2D eigenvalue weighted by Crippen LogP contribution is 2.33. The second kappa shape index (κ2) is 5.66. The number of aromatic nitrogens is 2. The van der Waals surface area contributed by atoms with Crippen LogP contribution in [0.4, 0.5) is 0 Å². The largest absolute Gasteiger partial charge is 0.331 e. The molecular weight excluding hydrogens is 246 g/mol. The molecule has 0 spiro atoms. The van der Waals surface area contributed by atoms with Gasteiger partial charge in [-0.1, -0.05) is 25.3 Å². The molecule has 0 N–H and O–H groups in total. The molecule has 0 aliphatic heterocycles. The summed E-state index contributed by atoms with van der Waals surface area (Å²) in [6.45, 7) is 0. The van der Waals surface area contributed by atoms with E-state index < -0.39 is 0 Å². The quantitative estimate of drug-likeness (QED) is 0.841. The van der Waals surface area contributed by atoms with Gasteiger partial charge in [0.2, 0.25) is 0 Å². The summed E-state index contributed by atoms with van der Waals surface area (Å²) in [4.78, 5) is 4.88. The van der Waals surface area contributed by atoms with Crippen LogP contribution < -0.4 is 0 Å². The Labute approximate surface area is 120 Å². The van der Waals surface area contributed by atoms with Crippen molar-refractivity contribution in [3.63, 3.8) is 0 Å². The van der Waals surface area contributed by atoms with Crippen LogP contribution in [0.3, 0.4) is 0 Å². The molecule has 104 valence electrons. The highest BCUT2D eigenvalue weighted by atomic mass is 15.1. The van der Waals surface area contributed by atoms with Gasteiger partial charge in [0.15, 0.2) is 0 Å². The van der Waals surface area contributed by atoms with Gasteiger partial charge >= 0.3 is 0 Å². The lowest BCUT2D eigenvalue weighted by Crippen LogP contribution is -2.09. The molecule has 0 bridgehead atoms. The predicted molar refractivity (Wildman–Crippen MR) is 80.5 cm³/mol. The van der Waals surface area contributed by atoms with Crippen molar-refractivity contribution in [2.45, 2.75) is 50.9 Å². The zero-order valence-corrected chi connectivity index (χ0v) is 12.1. The SMILES string of the molecule is Cn1c(C2CCCCC2)nc2cc(CCC#N)ccc21. The maximum Gasteiger partial charge on any atom is 0.112 e. The lowest BCUT2D eigenvalue weighted by atomic mass is 9.89. The number of benzene rings is 1. The van der Waals surface area contributed by atoms with E-state index in [1.54, 1.807) is 0 Å². The maximum atomic E-state index is 8.69. The van der Waals surface area contributed by atoms with Gasteiger partial charge in [0.1, 0.15) is 5.82 Å². The van der Waals surface area contributed by atoms with Crippen LogP contribution in [0.5, 0.6) is 0 Å². The third-order valence-corrected chi connectivity index (χ3v) is 4.48. The van der Waals surface area contributed by atoms with Crippen molar-refractivity contribution in [1.82, 2.24) is 9.55 Å². The molecule has 20 heavy (non-hydrogen) atoms. The van der Waals surface area contributed by atoms with E-state index in [4.69, 9.17) is 10.2 Å². The highest BCUT2D eigenvalue weighted by molar-refractivity contribution is 5.77. The first-order valence-electron chi connectivity index (χ1n) is 7.62. The lowest BCUT2D eigenvalue weighted by Gasteiger charge is -2.20. The average molecular weight is 267 g/mol. The van der Waals surface area contributed by atoms with Crippen molar-refractivity contribution in [3.8, 4) is 6.07 Å². The fourth-order valence-electron chi connectivity index (χ4n) is 3.35. The minimum atomic E-state index is 0.577. The summed E-state index contributed by atoms with van der Waals surface area (Å²) in [5, 5.41) is 8.69. The Bertz CT molecular complexity index is 642. The van der Waals surface area contributed by atoms with Crippen LogP contribution in [0.2, 0.25) is 0 Å². The fraction of sp³-hybridized carbons (Fsp3) is 0.529. The Balaban J connectivity index is 1.94. The van der Waals surface area contributed by atoms with Gasteiger partial charge in [0, 0.05) is 19.4 Å². The van der Waals surface area contributed by atoms with Crippen molar-refractivity contribution in [1.29, 1.82) is 5.26 Å². The van der Waals surface area contributed by atoms with E-state index >= 15 is 0 Å². The maximum absolute atomic E-state index is 8.69. The highest BCUT2D eigenvalue weighted by Gasteiger charge is 2.21. The molecule has 0 radical (unpaired) electrons. The summed E-state index contributed by atoms with van der Waals surface area (Å²) >= 11 is 0. The van der Waals surface area contributed by atoms with Crippen molar-refractivity contribution >= 4 is 11.0 Å². The molecule has 1 fully saturated rings. The molecular formula is C17H21N3. The van der Waals surface area contributed by atoms with E-state index in [2.05, 4.69) is 35.9 Å². The summed E-state index contributed by atoms with van der Waals surface area (Å²) in [6.07, 6.45) is 7.99. The van der Waals surface area contributed by atoms with E-state index in [-0.39, 0.29) is 0 Å². The summed E-state index contributed by atoms with van der Waals surface area (Å²) < 4.78 is 2.26. The summed E-state index contributed by atoms with van der Waals surface area (Å²) in [7, 11) is 2.13. The van der Waals surface area contributed by atoms with E-state index in [1.165, 1.54) is 49.0 Å². The van der Waals surface area contributed by atoms with E-state index in [0.717, 1.165) is 11.9 Å². The smallest absolute Gasteiger partial charge is 0.112 e. The van der Waals surface area contributed by atoms with Crippen molar-refractivity contribution in [3.05, 3.63) is 29.6 Å². The molecule has 1 saturated carbocycles. The summed E-state index contributed by atoms with van der Waals surface area (Å²) in [5.41, 5.74) is 3.52. The Morgan fingerprint density at radius 2 is 2.10 bits per heavy atom. The average Bonchev–Trinajstić information content (AvgIpc) is 2.83. The standard InChI is InChI=1S/C17H21N3/c1-20-16-10-9-13(6-5-11-18)12-15(16)19-17(20)14-7-3-2-4-8-14/h9-10,12,14H,2-8H2,1H3. The van der Waals surface area contributed by atoms with Crippen LogP contribution in [0.25, 0.3) is 11.0 Å². The molecule has 0 amide bonds. The summed E-state index contributed by atoms with van der Waals surface area (Å²) in [6, 6.07) is 8.64. The van der Waals surface area contributed by atoms with E-state index in [0.29, 0.717) is 12.3 Å². The first-order chi connectivity index (χ1) is 9.79. The number of imidazole rings is 1. The van der Waals surface area contributed by atoms with E-state index in [9.17, 15) is 0 Å². The molecule has 1 aromatic carbocycles. The van der Waals surface area contributed by atoms with Gasteiger partial charge in [0.05, 0.1) is 17.1 Å². The van der Waals surface area contributed by atoms with Crippen LogP contribution in [0, 0.1) is 11.3 Å². The normalized spacial score (nSPS) is 16.4. The number of aryl methyl sites for hydroxylation is 2. The van der Waals surface area contributed by atoms with Gasteiger partial charge in [-0.2, -0.15) is 5.26 Å². The Hall–Kier alpha value is -1.82. The second-order valence-electron chi connectivity index (χ2n) is 5.85. The topological polar surface area (TPSA) is 41.6 Å². The predicted octanol–water partition coefficient (Wildman–Crippen LogP) is 4.08. The first kappa shape index (κ1) is 13.2. The fourth-order valence-corrected chi connectivity index (χ4v) is 3.35. The number of nitriles is 1. The van der Waals surface area contributed by atoms with Gasteiger partial charge in [0.25, 0.3) is 0 Å². The van der Waals surface area contributed by atoms with Crippen LogP contribution in [0.15, 0.2) is 18.2 Å². The van der Waals surface area contributed by atoms with Gasteiger partial charge in [-0.05, 0) is 37.0 Å². The number of nitrogens with zero attached hydrogens (tertiary/aromatic N) is 3. The van der Waals surface area contributed by atoms with E-state index in [1.807, 2.05) is 0 Å². The molecule has 3 heteroatoms. The van der Waals surface area contributed by atoms with Gasteiger partial charge < -0.3 is 4.57 Å². The third-order valence-electron chi connectivity index (χ3n) is 4.48. The molecule has 1 heterocycles. The number of hydrogen-bond donors (Lipinski definition) is 0. The van der Waals surface area contributed by atoms with Crippen molar-refractivity contribution < 1.29 is 0 Å². The Morgan fingerprint density at radius 1 is 1.30 bits per heavy atom. The minimum Gasteiger partial charge on any atom is -0.331 e. The number of rotatable bonds is 3. The van der Waals surface area contributed by atoms with Crippen LogP contribution in [-0.2, 0) is 13.5 Å². The minimum absolute atomic E-state index is 0.577. The molecule has 1 aliphatic carbocycles.